The minimum atomic E-state index is -3.54. The number of amides is 3. The Morgan fingerprint density at radius 2 is 2.00 bits per heavy atom. The van der Waals surface area contributed by atoms with Crippen LogP contribution in [0.1, 0.15) is 37.8 Å². The van der Waals surface area contributed by atoms with Gasteiger partial charge in [-0.2, -0.15) is 0 Å². The van der Waals surface area contributed by atoms with Crippen LogP contribution in [-0.4, -0.2) is 75.9 Å². The molecule has 9 nitrogen and oxygen atoms in total. The largest absolute Gasteiger partial charge is 0.490 e. The van der Waals surface area contributed by atoms with Crippen molar-refractivity contribution in [2.75, 3.05) is 45.7 Å². The molecule has 0 aliphatic carbocycles. The van der Waals surface area contributed by atoms with Gasteiger partial charge in [-0.3, -0.25) is 9.69 Å². The zero-order chi connectivity index (χ0) is 23.3. The summed E-state index contributed by atoms with van der Waals surface area (Å²) in [6.07, 6.45) is 1.65. The molecule has 11 heteroatoms. The molecule has 0 saturated carbocycles. The van der Waals surface area contributed by atoms with Crippen molar-refractivity contribution < 1.29 is 31.9 Å². The van der Waals surface area contributed by atoms with Crippen molar-refractivity contribution in [3.8, 4) is 5.75 Å². The Labute approximate surface area is 187 Å². The number of benzene rings is 1. The van der Waals surface area contributed by atoms with Crippen LogP contribution < -0.4 is 9.46 Å². The average molecular weight is 472 g/mol. The molecule has 0 spiro atoms. The van der Waals surface area contributed by atoms with Gasteiger partial charge < -0.3 is 14.4 Å². The lowest BCUT2D eigenvalue weighted by Gasteiger charge is -2.26. The first-order chi connectivity index (χ1) is 15.2. The third-order valence-corrected chi connectivity index (χ3v) is 7.13. The highest BCUT2D eigenvalue weighted by molar-refractivity contribution is 7.89. The second kappa shape index (κ2) is 10.6. The Bertz CT molecular complexity index is 937. The normalized spacial score (nSPS) is 18.2. The standard InChI is InChI=1S/C21H30FN3O6S/c1-15(17-6-7-18(22)19(10-17)31-14-16-12-30-13-16)23-32(28,29)9-5-3-4-8-25-11-20(26)24(2)21(25)27/h6-7,10,15-16,23H,3-5,8-9,11-14H2,1-2H3/t15-/m1/s1. The highest BCUT2D eigenvalue weighted by Crippen LogP contribution is 2.25. The Hall–Kier alpha value is -2.24. The van der Waals surface area contributed by atoms with Crippen LogP contribution in [-0.2, 0) is 19.6 Å². The fourth-order valence-corrected chi connectivity index (χ4v) is 4.86. The summed E-state index contributed by atoms with van der Waals surface area (Å²) in [7, 11) is -2.10. The van der Waals surface area contributed by atoms with E-state index in [9.17, 15) is 22.4 Å². The van der Waals surface area contributed by atoms with Crippen LogP contribution in [0.4, 0.5) is 9.18 Å². The third-order valence-electron chi connectivity index (χ3n) is 5.59. The minimum Gasteiger partial charge on any atom is -0.490 e. The molecule has 2 aliphatic heterocycles. The first-order valence-corrected chi connectivity index (χ1v) is 12.4. The van der Waals surface area contributed by atoms with Crippen molar-refractivity contribution in [1.29, 1.82) is 0 Å². The van der Waals surface area contributed by atoms with Crippen molar-refractivity contribution >= 4 is 22.0 Å². The van der Waals surface area contributed by atoms with E-state index in [4.69, 9.17) is 9.47 Å². The maximum absolute atomic E-state index is 14.0. The Morgan fingerprint density at radius 3 is 2.62 bits per heavy atom. The second-order valence-corrected chi connectivity index (χ2v) is 10.2. The van der Waals surface area contributed by atoms with Crippen LogP contribution in [0.2, 0.25) is 0 Å². The van der Waals surface area contributed by atoms with E-state index in [1.165, 1.54) is 30.1 Å². The monoisotopic (exact) mass is 471 g/mol. The van der Waals surface area contributed by atoms with Crippen molar-refractivity contribution in [1.82, 2.24) is 14.5 Å². The van der Waals surface area contributed by atoms with Gasteiger partial charge in [0.25, 0.3) is 0 Å². The van der Waals surface area contributed by atoms with Gasteiger partial charge in [-0.25, -0.2) is 22.3 Å². The topological polar surface area (TPSA) is 105 Å². The van der Waals surface area contributed by atoms with Crippen LogP contribution in [0.15, 0.2) is 18.2 Å². The van der Waals surface area contributed by atoms with E-state index < -0.39 is 21.9 Å². The molecule has 2 fully saturated rings. The predicted octanol–water partition coefficient (Wildman–Crippen LogP) is 1.90. The molecule has 2 saturated heterocycles. The van der Waals surface area contributed by atoms with Gasteiger partial charge in [0.05, 0.1) is 25.6 Å². The van der Waals surface area contributed by atoms with E-state index in [1.807, 2.05) is 0 Å². The summed E-state index contributed by atoms with van der Waals surface area (Å²) in [5.41, 5.74) is 0.608. The maximum Gasteiger partial charge on any atom is 0.326 e. The highest BCUT2D eigenvalue weighted by atomic mass is 32.2. The van der Waals surface area contributed by atoms with Crippen molar-refractivity contribution in [3.05, 3.63) is 29.6 Å². The summed E-state index contributed by atoms with van der Waals surface area (Å²) in [5.74, 6) is -0.438. The molecule has 0 unspecified atom stereocenters. The number of urea groups is 1. The smallest absolute Gasteiger partial charge is 0.326 e. The summed E-state index contributed by atoms with van der Waals surface area (Å²) in [6, 6.07) is 3.47. The number of nitrogens with one attached hydrogen (secondary N) is 1. The molecule has 3 rings (SSSR count). The number of ether oxygens (including phenoxy) is 2. The lowest BCUT2D eigenvalue weighted by molar-refractivity contribution is -0.124. The van der Waals surface area contributed by atoms with Crippen LogP contribution in [0.3, 0.4) is 0 Å². The minimum absolute atomic E-state index is 0.0592. The number of hydrogen-bond acceptors (Lipinski definition) is 6. The molecule has 1 atom stereocenters. The Balaban J connectivity index is 1.42. The fourth-order valence-electron chi connectivity index (χ4n) is 3.49. The fraction of sp³-hybridized carbons (Fsp3) is 0.619. The van der Waals surface area contributed by atoms with Gasteiger partial charge >= 0.3 is 6.03 Å². The Kier molecular flexibility index (Phi) is 8.07. The van der Waals surface area contributed by atoms with Gasteiger partial charge in [0.1, 0.15) is 6.54 Å². The van der Waals surface area contributed by atoms with E-state index >= 15 is 0 Å². The number of rotatable bonds is 12. The average Bonchev–Trinajstić information content (AvgIpc) is 2.94. The third kappa shape index (κ3) is 6.39. The SMILES string of the molecule is C[C@@H](NS(=O)(=O)CCCCCN1CC(=O)N(C)C1=O)c1ccc(F)c(OCC2COC2)c1. The van der Waals surface area contributed by atoms with E-state index in [1.54, 1.807) is 6.92 Å². The molecule has 0 aromatic heterocycles. The number of imide groups is 1. The predicted molar refractivity (Wildman–Crippen MR) is 115 cm³/mol. The van der Waals surface area contributed by atoms with Gasteiger partial charge in [0.15, 0.2) is 11.6 Å². The van der Waals surface area contributed by atoms with Crippen LogP contribution in [0.25, 0.3) is 0 Å². The number of carbonyl (C=O) groups excluding carboxylic acids is 2. The number of sulfonamides is 1. The summed E-state index contributed by atoms with van der Waals surface area (Å²) in [5, 5.41) is 0. The lowest BCUT2D eigenvalue weighted by atomic mass is 10.1. The quantitative estimate of drug-likeness (QED) is 0.369. The molecule has 1 aromatic carbocycles. The van der Waals surface area contributed by atoms with Crippen molar-refractivity contribution in [2.45, 2.75) is 32.2 Å². The van der Waals surface area contributed by atoms with E-state index in [0.29, 0.717) is 51.2 Å². The summed E-state index contributed by atoms with van der Waals surface area (Å²) in [6.45, 7) is 3.74. The zero-order valence-corrected chi connectivity index (χ0v) is 19.2. The van der Waals surface area contributed by atoms with Crippen molar-refractivity contribution in [3.63, 3.8) is 0 Å². The molecular weight excluding hydrogens is 441 g/mol. The molecule has 32 heavy (non-hydrogen) atoms. The molecule has 0 bridgehead atoms. The summed E-state index contributed by atoms with van der Waals surface area (Å²) >= 11 is 0. The molecule has 3 amide bonds. The second-order valence-electron chi connectivity index (χ2n) is 8.28. The van der Waals surface area contributed by atoms with Gasteiger partial charge in [-0.1, -0.05) is 12.5 Å². The Morgan fingerprint density at radius 1 is 1.25 bits per heavy atom. The van der Waals surface area contributed by atoms with Gasteiger partial charge in [-0.15, -0.1) is 0 Å². The van der Waals surface area contributed by atoms with Crippen LogP contribution in [0.5, 0.6) is 5.75 Å². The number of carbonyl (C=O) groups is 2. The molecular formula is C21H30FN3O6S. The van der Waals surface area contributed by atoms with Gasteiger partial charge in [0.2, 0.25) is 15.9 Å². The number of unbranched alkanes of at least 4 members (excludes halogenated alkanes) is 2. The zero-order valence-electron chi connectivity index (χ0n) is 18.4. The molecule has 1 N–H and O–H groups in total. The van der Waals surface area contributed by atoms with Crippen LogP contribution in [0, 0.1) is 11.7 Å². The molecule has 2 aliphatic rings. The number of likely N-dealkylation sites (N-methyl/N-ethyl adjacent to an activating group) is 1. The van der Waals surface area contributed by atoms with Crippen LogP contribution >= 0.6 is 0 Å². The van der Waals surface area contributed by atoms with E-state index in [2.05, 4.69) is 4.72 Å². The summed E-state index contributed by atoms with van der Waals surface area (Å²) < 4.78 is 52.1. The van der Waals surface area contributed by atoms with Gasteiger partial charge in [-0.05, 0) is 37.5 Å². The van der Waals surface area contributed by atoms with E-state index in [-0.39, 0.29) is 35.9 Å². The number of hydrogen-bond donors (Lipinski definition) is 1. The maximum atomic E-state index is 14.0. The summed E-state index contributed by atoms with van der Waals surface area (Å²) in [4.78, 5) is 25.9. The van der Waals surface area contributed by atoms with E-state index in [0.717, 1.165) is 4.90 Å². The number of halogens is 1. The lowest BCUT2D eigenvalue weighted by Crippen LogP contribution is -2.32. The highest BCUT2D eigenvalue weighted by Gasteiger charge is 2.32. The first-order valence-electron chi connectivity index (χ1n) is 10.7. The molecule has 1 aromatic rings. The van der Waals surface area contributed by atoms with Gasteiger partial charge in [0, 0.05) is 25.6 Å². The first kappa shape index (κ1) is 24.4. The van der Waals surface area contributed by atoms with Crippen molar-refractivity contribution in [2.24, 2.45) is 5.92 Å². The molecule has 0 radical (unpaired) electrons. The molecule has 178 valence electrons. The number of nitrogens with zero attached hydrogens (tertiary/aromatic N) is 2. The molecule has 2 heterocycles.